The highest BCUT2D eigenvalue weighted by atomic mass is 16.5. The summed E-state index contributed by atoms with van der Waals surface area (Å²) in [5.74, 6) is 0.442. The smallest absolute Gasteiger partial charge is 0.271 e. The van der Waals surface area contributed by atoms with Crippen molar-refractivity contribution in [2.45, 2.75) is 50.3 Å². The van der Waals surface area contributed by atoms with Gasteiger partial charge in [-0.05, 0) is 49.6 Å². The van der Waals surface area contributed by atoms with Gasteiger partial charge in [-0.3, -0.25) is 14.4 Å². The predicted molar refractivity (Wildman–Crippen MR) is 140 cm³/mol. The summed E-state index contributed by atoms with van der Waals surface area (Å²) in [5, 5.41) is 13.3. The van der Waals surface area contributed by atoms with Crippen LogP contribution in [0, 0.1) is 17.2 Å². The lowest BCUT2D eigenvalue weighted by atomic mass is 9.98. The van der Waals surface area contributed by atoms with Crippen LogP contribution in [0.25, 0.3) is 10.9 Å². The first kappa shape index (κ1) is 25.3. The number of aromatic nitrogens is 1. The Bertz CT molecular complexity index is 1380. The van der Waals surface area contributed by atoms with Crippen molar-refractivity contribution in [3.05, 3.63) is 60.3 Å². The fourth-order valence-electron chi connectivity index (χ4n) is 5.46. The Hall–Kier alpha value is -4.32. The summed E-state index contributed by atoms with van der Waals surface area (Å²) in [5.41, 5.74) is 1.08. The number of carbonyl (C=O) groups is 3. The number of para-hydroxylation sites is 1. The predicted octanol–water partition coefficient (Wildman–Crippen LogP) is 3.61. The lowest BCUT2D eigenvalue weighted by Gasteiger charge is -2.24. The number of amides is 2. The van der Waals surface area contributed by atoms with E-state index in [1.165, 1.54) is 4.90 Å². The maximum absolute atomic E-state index is 13.7. The SMILES string of the molecule is COc1cccc2[nH]c(C(=O)N3C[C@H](Oc4ccccc4)CC3C(=O)N[C@H](C#N)C[C@@H]3CCCC3=O)cc12. The third-order valence-corrected chi connectivity index (χ3v) is 7.37. The van der Waals surface area contributed by atoms with Crippen molar-refractivity contribution in [1.82, 2.24) is 15.2 Å². The Morgan fingerprint density at radius 1 is 1.21 bits per heavy atom. The second kappa shape index (κ2) is 11.0. The summed E-state index contributed by atoms with van der Waals surface area (Å²) in [6, 6.07) is 17.0. The van der Waals surface area contributed by atoms with E-state index >= 15 is 0 Å². The number of hydrogen-bond donors (Lipinski definition) is 2. The number of fused-ring (bicyclic) bond motifs is 1. The summed E-state index contributed by atoms with van der Waals surface area (Å²) in [6.07, 6.45) is 2.22. The minimum atomic E-state index is -0.834. The molecule has 2 aliphatic rings. The van der Waals surface area contributed by atoms with E-state index in [-0.39, 0.29) is 37.0 Å². The highest BCUT2D eigenvalue weighted by Crippen LogP contribution is 2.30. The van der Waals surface area contributed by atoms with Crippen molar-refractivity contribution in [3.8, 4) is 17.6 Å². The Labute approximate surface area is 220 Å². The number of H-pyrrole nitrogens is 1. The summed E-state index contributed by atoms with van der Waals surface area (Å²) in [7, 11) is 1.57. The van der Waals surface area contributed by atoms with Crippen LogP contribution >= 0.6 is 0 Å². The van der Waals surface area contributed by atoms with E-state index in [2.05, 4.69) is 16.4 Å². The molecule has 4 atom stereocenters. The van der Waals surface area contributed by atoms with Crippen molar-refractivity contribution in [2.75, 3.05) is 13.7 Å². The number of nitriles is 1. The molecule has 1 unspecified atom stereocenters. The van der Waals surface area contributed by atoms with Crippen LogP contribution < -0.4 is 14.8 Å². The van der Waals surface area contributed by atoms with Gasteiger partial charge in [0.15, 0.2) is 0 Å². The van der Waals surface area contributed by atoms with E-state index < -0.39 is 24.1 Å². The van der Waals surface area contributed by atoms with E-state index in [1.54, 1.807) is 13.2 Å². The molecule has 1 saturated heterocycles. The molecule has 1 aromatic heterocycles. The minimum absolute atomic E-state index is 0.141. The number of nitrogens with zero attached hydrogens (tertiary/aromatic N) is 2. The molecule has 0 spiro atoms. The maximum Gasteiger partial charge on any atom is 0.271 e. The number of nitrogens with one attached hydrogen (secondary N) is 2. The maximum atomic E-state index is 13.7. The van der Waals surface area contributed by atoms with Gasteiger partial charge in [-0.25, -0.2) is 0 Å². The number of rotatable bonds is 8. The van der Waals surface area contributed by atoms with Gasteiger partial charge in [0, 0.05) is 29.7 Å². The van der Waals surface area contributed by atoms with Gasteiger partial charge in [0.1, 0.15) is 41.2 Å². The zero-order valence-corrected chi connectivity index (χ0v) is 21.2. The molecule has 2 heterocycles. The normalized spacial score (nSPS) is 21.7. The number of aromatic amines is 1. The number of likely N-dealkylation sites (tertiary alicyclic amines) is 1. The van der Waals surface area contributed by atoms with Gasteiger partial charge in [-0.15, -0.1) is 0 Å². The minimum Gasteiger partial charge on any atom is -0.496 e. The van der Waals surface area contributed by atoms with E-state index in [9.17, 15) is 19.6 Å². The van der Waals surface area contributed by atoms with Gasteiger partial charge < -0.3 is 24.7 Å². The molecule has 2 amide bonds. The monoisotopic (exact) mass is 514 g/mol. The third-order valence-electron chi connectivity index (χ3n) is 7.37. The van der Waals surface area contributed by atoms with Crippen LogP contribution in [0.3, 0.4) is 0 Å². The molecule has 9 nitrogen and oxygen atoms in total. The van der Waals surface area contributed by atoms with Crippen LogP contribution in [-0.4, -0.2) is 59.3 Å². The van der Waals surface area contributed by atoms with E-state index in [0.29, 0.717) is 23.6 Å². The fourth-order valence-corrected chi connectivity index (χ4v) is 5.46. The lowest BCUT2D eigenvalue weighted by Crippen LogP contribution is -2.49. The van der Waals surface area contributed by atoms with Gasteiger partial charge >= 0.3 is 0 Å². The van der Waals surface area contributed by atoms with E-state index in [1.807, 2.05) is 48.5 Å². The molecule has 0 bridgehead atoms. The van der Waals surface area contributed by atoms with Crippen molar-refractivity contribution >= 4 is 28.5 Å². The molecule has 2 N–H and O–H groups in total. The van der Waals surface area contributed by atoms with Gasteiger partial charge in [0.2, 0.25) is 5.91 Å². The highest BCUT2D eigenvalue weighted by Gasteiger charge is 2.42. The Kier molecular flexibility index (Phi) is 7.31. The second-order valence-corrected chi connectivity index (χ2v) is 9.85. The van der Waals surface area contributed by atoms with Crippen molar-refractivity contribution in [2.24, 2.45) is 5.92 Å². The van der Waals surface area contributed by atoms with Crippen LogP contribution in [0.1, 0.15) is 42.6 Å². The Morgan fingerprint density at radius 2 is 2.03 bits per heavy atom. The summed E-state index contributed by atoms with van der Waals surface area (Å²) >= 11 is 0. The standard InChI is InChI=1S/C29H30N4O5/c1-37-27-12-6-10-23-22(27)15-24(32-23)29(36)33-17-21(38-20-8-3-2-4-9-20)14-25(33)28(35)31-19(16-30)13-18-7-5-11-26(18)34/h2-4,6,8-10,12,15,18-19,21,25,32H,5,7,11,13-14,17H2,1H3,(H,31,35)/t18-,19-,21+,25?/m0/s1. The molecule has 1 saturated carbocycles. The molecule has 3 aromatic rings. The van der Waals surface area contributed by atoms with Crippen LogP contribution in [0.2, 0.25) is 0 Å². The number of benzene rings is 2. The number of carbonyl (C=O) groups excluding carboxylic acids is 3. The highest BCUT2D eigenvalue weighted by molar-refractivity contribution is 6.01. The summed E-state index contributed by atoms with van der Waals surface area (Å²) in [4.78, 5) is 43.9. The summed E-state index contributed by atoms with van der Waals surface area (Å²) in [6.45, 7) is 0.205. The van der Waals surface area contributed by atoms with Crippen LogP contribution in [0.5, 0.6) is 11.5 Å². The Balaban J connectivity index is 1.37. The average molecular weight is 515 g/mol. The molecule has 9 heteroatoms. The average Bonchev–Trinajstić information content (AvgIpc) is 3.66. The molecular formula is C29H30N4O5. The lowest BCUT2D eigenvalue weighted by molar-refractivity contribution is -0.126. The number of methoxy groups -OCH3 is 1. The zero-order chi connectivity index (χ0) is 26.6. The Morgan fingerprint density at radius 3 is 2.74 bits per heavy atom. The molecule has 2 fully saturated rings. The number of hydrogen-bond acceptors (Lipinski definition) is 6. The first-order valence-corrected chi connectivity index (χ1v) is 12.9. The number of ether oxygens (including phenoxy) is 2. The van der Waals surface area contributed by atoms with Crippen molar-refractivity contribution in [3.63, 3.8) is 0 Å². The topological polar surface area (TPSA) is 125 Å². The molecule has 2 aromatic carbocycles. The molecule has 1 aliphatic carbocycles. The first-order valence-electron chi connectivity index (χ1n) is 12.9. The molecule has 5 rings (SSSR count). The second-order valence-electron chi connectivity index (χ2n) is 9.85. The number of Topliss-reactive ketones (excluding diaryl/α,β-unsaturated/α-hetero) is 1. The molecule has 0 radical (unpaired) electrons. The van der Waals surface area contributed by atoms with Crippen molar-refractivity contribution < 1.29 is 23.9 Å². The van der Waals surface area contributed by atoms with Gasteiger partial charge in [-0.1, -0.05) is 24.3 Å². The zero-order valence-electron chi connectivity index (χ0n) is 21.2. The number of ketones is 1. The van der Waals surface area contributed by atoms with Crippen LogP contribution in [-0.2, 0) is 9.59 Å². The largest absolute Gasteiger partial charge is 0.496 e. The molecule has 196 valence electrons. The molecule has 1 aliphatic heterocycles. The molecular weight excluding hydrogens is 484 g/mol. The summed E-state index contributed by atoms with van der Waals surface area (Å²) < 4.78 is 11.5. The first-order chi connectivity index (χ1) is 18.5. The van der Waals surface area contributed by atoms with Gasteiger partial charge in [-0.2, -0.15) is 5.26 Å². The van der Waals surface area contributed by atoms with Crippen LogP contribution in [0.15, 0.2) is 54.6 Å². The quantitative estimate of drug-likeness (QED) is 0.473. The molecule has 38 heavy (non-hydrogen) atoms. The van der Waals surface area contributed by atoms with Gasteiger partial charge in [0.05, 0.1) is 19.7 Å². The van der Waals surface area contributed by atoms with Gasteiger partial charge in [0.25, 0.3) is 5.91 Å². The third kappa shape index (κ3) is 5.21. The van der Waals surface area contributed by atoms with Crippen LogP contribution in [0.4, 0.5) is 0 Å². The van der Waals surface area contributed by atoms with E-state index in [0.717, 1.165) is 23.7 Å². The fraction of sp³-hybridized carbons (Fsp3) is 0.379. The van der Waals surface area contributed by atoms with E-state index in [4.69, 9.17) is 9.47 Å². The van der Waals surface area contributed by atoms with Crippen molar-refractivity contribution in [1.29, 1.82) is 5.26 Å².